The van der Waals surface area contributed by atoms with E-state index in [2.05, 4.69) is 15.5 Å². The highest BCUT2D eigenvalue weighted by Gasteiger charge is 2.29. The van der Waals surface area contributed by atoms with E-state index in [0.29, 0.717) is 23.7 Å². The van der Waals surface area contributed by atoms with Crippen LogP contribution in [0.15, 0.2) is 48.5 Å². The predicted molar refractivity (Wildman–Crippen MR) is 137 cm³/mol. The lowest BCUT2D eigenvalue weighted by molar-refractivity contribution is -0.138. The van der Waals surface area contributed by atoms with E-state index in [9.17, 15) is 14.4 Å². The number of nitrogens with zero attached hydrogens (tertiary/aromatic N) is 2. The van der Waals surface area contributed by atoms with E-state index in [-0.39, 0.29) is 24.3 Å². The van der Waals surface area contributed by atoms with Crippen LogP contribution in [0.3, 0.4) is 0 Å². The molecule has 0 unspecified atom stereocenters. The molecule has 4 rings (SSSR count). The summed E-state index contributed by atoms with van der Waals surface area (Å²) in [7, 11) is 0. The molecule has 2 aromatic rings. The molecule has 35 heavy (non-hydrogen) atoms. The van der Waals surface area contributed by atoms with Crippen molar-refractivity contribution in [3.63, 3.8) is 0 Å². The fourth-order valence-corrected chi connectivity index (χ4v) is 4.88. The van der Waals surface area contributed by atoms with Crippen LogP contribution < -0.4 is 10.6 Å². The molecular formula is C28H36N4O3. The minimum absolute atomic E-state index is 0.0744. The molecule has 2 aromatic carbocycles. The number of para-hydroxylation sites is 1. The second kappa shape index (κ2) is 12.0. The van der Waals surface area contributed by atoms with Gasteiger partial charge in [-0.05, 0) is 69.8 Å². The lowest BCUT2D eigenvalue weighted by Crippen LogP contribution is -2.45. The fraction of sp³-hybridized carbons (Fsp3) is 0.464. The van der Waals surface area contributed by atoms with E-state index < -0.39 is 0 Å². The number of hydrogen-bond acceptors (Lipinski definition) is 4. The van der Waals surface area contributed by atoms with E-state index in [0.717, 1.165) is 57.4 Å². The second-order valence-electron chi connectivity index (χ2n) is 9.70. The number of rotatable bonds is 7. The molecule has 2 saturated heterocycles. The van der Waals surface area contributed by atoms with E-state index >= 15 is 0 Å². The van der Waals surface area contributed by atoms with Gasteiger partial charge in [-0.2, -0.15) is 0 Å². The first-order chi connectivity index (χ1) is 17.0. The summed E-state index contributed by atoms with van der Waals surface area (Å²) in [4.78, 5) is 42.5. The molecule has 186 valence electrons. The summed E-state index contributed by atoms with van der Waals surface area (Å²) in [5.41, 5.74) is 3.14. The van der Waals surface area contributed by atoms with Gasteiger partial charge in [0.1, 0.15) is 0 Å². The minimum atomic E-state index is -0.224. The van der Waals surface area contributed by atoms with Crippen molar-refractivity contribution in [3.05, 3.63) is 65.2 Å². The van der Waals surface area contributed by atoms with Gasteiger partial charge >= 0.3 is 0 Å². The SMILES string of the molecule is Cc1ccc(CNC(=O)c2ccccc2NC(=O)CN2CCC(C(=O)N3CCCCC3)CC2)cc1. The van der Waals surface area contributed by atoms with Crippen LogP contribution >= 0.6 is 0 Å². The highest BCUT2D eigenvalue weighted by molar-refractivity contribution is 6.04. The molecule has 0 radical (unpaired) electrons. The lowest BCUT2D eigenvalue weighted by atomic mass is 9.94. The van der Waals surface area contributed by atoms with Crippen molar-refractivity contribution in [2.75, 3.05) is 38.0 Å². The quantitative estimate of drug-likeness (QED) is 0.640. The van der Waals surface area contributed by atoms with Gasteiger partial charge in [0, 0.05) is 25.6 Å². The van der Waals surface area contributed by atoms with Gasteiger partial charge in [-0.25, -0.2) is 0 Å². The van der Waals surface area contributed by atoms with Gasteiger partial charge in [-0.3, -0.25) is 19.3 Å². The van der Waals surface area contributed by atoms with Crippen molar-refractivity contribution in [2.24, 2.45) is 5.92 Å². The zero-order valence-corrected chi connectivity index (χ0v) is 20.6. The first-order valence-corrected chi connectivity index (χ1v) is 12.7. The zero-order chi connectivity index (χ0) is 24.6. The Balaban J connectivity index is 1.26. The van der Waals surface area contributed by atoms with E-state index in [1.54, 1.807) is 18.2 Å². The predicted octanol–water partition coefficient (Wildman–Crippen LogP) is 3.59. The number of nitrogens with one attached hydrogen (secondary N) is 2. The van der Waals surface area contributed by atoms with Crippen LogP contribution in [0.25, 0.3) is 0 Å². The van der Waals surface area contributed by atoms with Gasteiger partial charge in [0.15, 0.2) is 0 Å². The van der Waals surface area contributed by atoms with Crippen LogP contribution in [0, 0.1) is 12.8 Å². The highest BCUT2D eigenvalue weighted by atomic mass is 16.2. The molecule has 0 aliphatic carbocycles. The van der Waals surface area contributed by atoms with E-state index in [1.165, 1.54) is 12.0 Å². The molecule has 7 nitrogen and oxygen atoms in total. The first-order valence-electron chi connectivity index (χ1n) is 12.7. The van der Waals surface area contributed by atoms with Crippen molar-refractivity contribution in [2.45, 2.75) is 45.6 Å². The fourth-order valence-electron chi connectivity index (χ4n) is 4.88. The molecule has 3 amide bonds. The maximum Gasteiger partial charge on any atom is 0.253 e. The Bertz CT molecular complexity index is 1020. The third-order valence-electron chi connectivity index (χ3n) is 6.99. The third-order valence-corrected chi connectivity index (χ3v) is 6.99. The summed E-state index contributed by atoms with van der Waals surface area (Å²) in [6.45, 7) is 5.95. The van der Waals surface area contributed by atoms with Crippen LogP contribution in [0.1, 0.15) is 53.6 Å². The molecule has 0 spiro atoms. The summed E-state index contributed by atoms with van der Waals surface area (Å²) in [5, 5.41) is 5.85. The molecule has 2 N–H and O–H groups in total. The summed E-state index contributed by atoms with van der Waals surface area (Å²) in [6.07, 6.45) is 5.02. The first kappa shape index (κ1) is 24.9. The summed E-state index contributed by atoms with van der Waals surface area (Å²) in [5.74, 6) is -0.00662. The van der Waals surface area contributed by atoms with Crippen molar-refractivity contribution in [3.8, 4) is 0 Å². The Hall–Kier alpha value is -3.19. The molecule has 0 saturated carbocycles. The zero-order valence-electron chi connectivity index (χ0n) is 20.6. The number of piperidine rings is 2. The standard InChI is InChI=1S/C28H36N4O3/c1-21-9-11-22(12-10-21)19-29-27(34)24-7-3-4-8-25(24)30-26(33)20-31-17-13-23(14-18-31)28(35)32-15-5-2-6-16-32/h3-4,7-12,23H,2,5-6,13-20H2,1H3,(H,29,34)(H,30,33). The summed E-state index contributed by atoms with van der Waals surface area (Å²) < 4.78 is 0. The molecule has 0 atom stereocenters. The lowest BCUT2D eigenvalue weighted by Gasteiger charge is -2.35. The Morgan fingerprint density at radius 1 is 0.886 bits per heavy atom. The van der Waals surface area contributed by atoms with Crippen molar-refractivity contribution < 1.29 is 14.4 Å². The van der Waals surface area contributed by atoms with Gasteiger partial charge in [-0.1, -0.05) is 42.0 Å². The molecule has 0 aromatic heterocycles. The normalized spacial score (nSPS) is 17.1. The van der Waals surface area contributed by atoms with Crippen LogP contribution in [0.5, 0.6) is 0 Å². The number of anilines is 1. The van der Waals surface area contributed by atoms with Gasteiger partial charge in [-0.15, -0.1) is 0 Å². The molecule has 0 bridgehead atoms. The van der Waals surface area contributed by atoms with E-state index in [1.807, 2.05) is 42.2 Å². The number of amides is 3. The highest BCUT2D eigenvalue weighted by Crippen LogP contribution is 2.22. The Morgan fingerprint density at radius 3 is 2.29 bits per heavy atom. The Labute approximate surface area is 207 Å². The molecule has 2 aliphatic heterocycles. The average Bonchev–Trinajstić information content (AvgIpc) is 2.89. The number of hydrogen-bond donors (Lipinski definition) is 2. The Kier molecular flexibility index (Phi) is 8.53. The topological polar surface area (TPSA) is 81.8 Å². The van der Waals surface area contributed by atoms with Crippen molar-refractivity contribution in [1.29, 1.82) is 0 Å². The van der Waals surface area contributed by atoms with Gasteiger partial charge in [0.2, 0.25) is 11.8 Å². The number of benzene rings is 2. The number of carbonyl (C=O) groups excluding carboxylic acids is 3. The maximum atomic E-state index is 12.8. The molecule has 7 heteroatoms. The van der Waals surface area contributed by atoms with Gasteiger partial charge in [0.05, 0.1) is 17.8 Å². The molecule has 2 heterocycles. The van der Waals surface area contributed by atoms with Crippen molar-refractivity contribution in [1.82, 2.24) is 15.1 Å². The molecular weight excluding hydrogens is 440 g/mol. The van der Waals surface area contributed by atoms with E-state index in [4.69, 9.17) is 0 Å². The number of aryl methyl sites for hydroxylation is 1. The maximum absolute atomic E-state index is 12.8. The summed E-state index contributed by atoms with van der Waals surface area (Å²) in [6, 6.07) is 15.1. The van der Waals surface area contributed by atoms with Crippen LogP contribution in [0.4, 0.5) is 5.69 Å². The molecule has 2 aliphatic rings. The monoisotopic (exact) mass is 476 g/mol. The minimum Gasteiger partial charge on any atom is -0.348 e. The molecule has 2 fully saturated rings. The number of likely N-dealkylation sites (tertiary alicyclic amines) is 2. The summed E-state index contributed by atoms with van der Waals surface area (Å²) >= 11 is 0. The smallest absolute Gasteiger partial charge is 0.253 e. The van der Waals surface area contributed by atoms with Crippen LogP contribution in [0.2, 0.25) is 0 Å². The average molecular weight is 477 g/mol. The van der Waals surface area contributed by atoms with Crippen LogP contribution in [-0.2, 0) is 16.1 Å². The van der Waals surface area contributed by atoms with Gasteiger partial charge in [0.25, 0.3) is 5.91 Å². The van der Waals surface area contributed by atoms with Gasteiger partial charge < -0.3 is 15.5 Å². The van der Waals surface area contributed by atoms with Crippen LogP contribution in [-0.4, -0.2) is 60.2 Å². The number of carbonyl (C=O) groups is 3. The second-order valence-corrected chi connectivity index (χ2v) is 9.70. The van der Waals surface area contributed by atoms with Crippen molar-refractivity contribution >= 4 is 23.4 Å². The largest absolute Gasteiger partial charge is 0.348 e. The Morgan fingerprint density at radius 2 is 1.57 bits per heavy atom. The third kappa shape index (κ3) is 6.92.